The highest BCUT2D eigenvalue weighted by Crippen LogP contribution is 2.13. The van der Waals surface area contributed by atoms with Crippen LogP contribution in [0.5, 0.6) is 0 Å². The normalized spacial score (nSPS) is 13.4. The first-order valence-corrected chi connectivity index (χ1v) is 4.37. The van der Waals surface area contributed by atoms with E-state index < -0.39 is 19.1 Å². The molecule has 0 fully saturated rings. The zero-order valence-electron chi connectivity index (χ0n) is 7.62. The van der Waals surface area contributed by atoms with Crippen molar-refractivity contribution in [3.8, 4) is 0 Å². The van der Waals surface area contributed by atoms with Crippen molar-refractivity contribution in [2.75, 3.05) is 13.2 Å². The maximum Gasteiger partial charge on any atom is 0.261 e. The summed E-state index contributed by atoms with van der Waals surface area (Å²) in [4.78, 5) is 2.83. The molecular weight excluding hydrogens is 192 g/mol. The van der Waals surface area contributed by atoms with Gasteiger partial charge >= 0.3 is 0 Å². The van der Waals surface area contributed by atoms with E-state index in [1.54, 1.807) is 18.3 Å². The van der Waals surface area contributed by atoms with Crippen LogP contribution in [-0.4, -0.2) is 29.7 Å². The first-order valence-electron chi connectivity index (χ1n) is 4.37. The Morgan fingerprint density at radius 1 is 1.50 bits per heavy atom. The molecule has 0 radical (unpaired) electrons. The van der Waals surface area contributed by atoms with E-state index in [4.69, 9.17) is 0 Å². The van der Waals surface area contributed by atoms with Crippen molar-refractivity contribution in [1.82, 2.24) is 4.98 Å². The van der Waals surface area contributed by atoms with Crippen LogP contribution >= 0.6 is 0 Å². The number of hydrogen-bond acceptors (Lipinski definition) is 2. The third-order valence-corrected chi connectivity index (χ3v) is 1.76. The molecule has 0 saturated carbocycles. The molecule has 0 aliphatic rings. The predicted octanol–water partition coefficient (Wildman–Crippen LogP) is 1.72. The van der Waals surface area contributed by atoms with E-state index in [-0.39, 0.29) is 6.61 Å². The molecule has 0 aliphatic heterocycles. The highest BCUT2D eigenvalue weighted by Gasteiger charge is 2.08. The molecule has 1 heterocycles. The summed E-state index contributed by atoms with van der Waals surface area (Å²) in [6.07, 6.45) is -1.12. The Morgan fingerprint density at radius 3 is 2.86 bits per heavy atom. The maximum absolute atomic E-state index is 11.6. The zero-order valence-corrected chi connectivity index (χ0v) is 7.62. The molecule has 3 nitrogen and oxygen atoms in total. The summed E-state index contributed by atoms with van der Waals surface area (Å²) in [6, 6.07) is 3.50. The Hall–Kier alpha value is -0.940. The van der Waals surface area contributed by atoms with Gasteiger partial charge in [-0.05, 0) is 12.1 Å². The van der Waals surface area contributed by atoms with Crippen LogP contribution in [0.25, 0.3) is 0 Å². The van der Waals surface area contributed by atoms with E-state index in [0.717, 1.165) is 0 Å². The number of nitrogens with one attached hydrogen (secondary N) is 1. The lowest BCUT2D eigenvalue weighted by molar-refractivity contribution is 0.00445. The SMILES string of the molecule is OC(CCOCC(F)F)c1ccc[nH]1. The average molecular weight is 205 g/mol. The smallest absolute Gasteiger partial charge is 0.261 e. The largest absolute Gasteiger partial charge is 0.387 e. The van der Waals surface area contributed by atoms with Gasteiger partial charge in [0.25, 0.3) is 6.43 Å². The molecule has 0 aliphatic carbocycles. The molecule has 1 aromatic rings. The molecule has 5 heteroatoms. The quantitative estimate of drug-likeness (QED) is 0.694. The molecule has 0 bridgehead atoms. The van der Waals surface area contributed by atoms with Crippen LogP contribution in [0.1, 0.15) is 18.2 Å². The van der Waals surface area contributed by atoms with Crippen LogP contribution < -0.4 is 0 Å². The molecule has 1 unspecified atom stereocenters. The minimum Gasteiger partial charge on any atom is -0.387 e. The Labute approximate surface area is 80.7 Å². The number of ether oxygens (including phenoxy) is 1. The molecule has 80 valence electrons. The van der Waals surface area contributed by atoms with Crippen molar-refractivity contribution in [2.24, 2.45) is 0 Å². The number of aliphatic hydroxyl groups excluding tert-OH is 1. The van der Waals surface area contributed by atoms with Gasteiger partial charge in [0.15, 0.2) is 0 Å². The molecule has 1 rings (SSSR count). The molecule has 0 spiro atoms. The first-order chi connectivity index (χ1) is 6.70. The van der Waals surface area contributed by atoms with E-state index in [0.29, 0.717) is 12.1 Å². The maximum atomic E-state index is 11.6. The number of hydrogen-bond donors (Lipinski definition) is 2. The van der Waals surface area contributed by atoms with Gasteiger partial charge in [-0.25, -0.2) is 8.78 Å². The van der Waals surface area contributed by atoms with Gasteiger partial charge in [-0.2, -0.15) is 0 Å². The molecule has 14 heavy (non-hydrogen) atoms. The number of aromatic amines is 1. The van der Waals surface area contributed by atoms with Gasteiger partial charge in [0.1, 0.15) is 6.61 Å². The number of rotatable bonds is 6. The minimum absolute atomic E-state index is 0.129. The molecule has 1 atom stereocenters. The average Bonchev–Trinajstić information content (AvgIpc) is 2.64. The first kappa shape index (κ1) is 11.1. The Morgan fingerprint density at radius 2 is 2.29 bits per heavy atom. The third kappa shape index (κ3) is 3.85. The van der Waals surface area contributed by atoms with E-state index >= 15 is 0 Å². The van der Waals surface area contributed by atoms with Crippen LogP contribution in [0.15, 0.2) is 18.3 Å². The Bertz CT molecular complexity index is 239. The number of alkyl halides is 2. The van der Waals surface area contributed by atoms with Gasteiger partial charge in [-0.3, -0.25) is 0 Å². The number of halogens is 2. The number of H-pyrrole nitrogens is 1. The van der Waals surface area contributed by atoms with Crippen molar-refractivity contribution in [1.29, 1.82) is 0 Å². The van der Waals surface area contributed by atoms with Crippen LogP contribution in [-0.2, 0) is 4.74 Å². The monoisotopic (exact) mass is 205 g/mol. The van der Waals surface area contributed by atoms with Crippen LogP contribution in [0.4, 0.5) is 8.78 Å². The number of aromatic nitrogens is 1. The summed E-state index contributed by atoms with van der Waals surface area (Å²) < 4.78 is 27.9. The predicted molar refractivity (Wildman–Crippen MR) is 47.2 cm³/mol. The fourth-order valence-corrected chi connectivity index (χ4v) is 1.07. The van der Waals surface area contributed by atoms with Crippen molar-refractivity contribution in [3.63, 3.8) is 0 Å². The number of aliphatic hydroxyl groups is 1. The van der Waals surface area contributed by atoms with Crippen molar-refractivity contribution >= 4 is 0 Å². The molecular formula is C9H13F2NO2. The molecule has 1 aromatic heterocycles. The second kappa shape index (κ2) is 5.72. The summed E-state index contributed by atoms with van der Waals surface area (Å²) >= 11 is 0. The van der Waals surface area contributed by atoms with Crippen molar-refractivity contribution < 1.29 is 18.6 Å². The summed E-state index contributed by atoms with van der Waals surface area (Å²) in [5.41, 5.74) is 0.672. The topological polar surface area (TPSA) is 45.2 Å². The van der Waals surface area contributed by atoms with Gasteiger partial charge < -0.3 is 14.8 Å². The zero-order chi connectivity index (χ0) is 10.4. The lowest BCUT2D eigenvalue weighted by Crippen LogP contribution is -2.08. The van der Waals surface area contributed by atoms with E-state index in [1.807, 2.05) is 0 Å². The summed E-state index contributed by atoms with van der Waals surface area (Å²) in [6.45, 7) is -0.442. The summed E-state index contributed by atoms with van der Waals surface area (Å²) in [7, 11) is 0. The van der Waals surface area contributed by atoms with Gasteiger partial charge in [0, 0.05) is 24.9 Å². The summed E-state index contributed by atoms with van der Waals surface area (Å²) in [5.74, 6) is 0. The Balaban J connectivity index is 2.13. The van der Waals surface area contributed by atoms with Crippen LogP contribution in [0, 0.1) is 0 Å². The lowest BCUT2D eigenvalue weighted by Gasteiger charge is -2.08. The molecule has 0 saturated heterocycles. The fraction of sp³-hybridized carbons (Fsp3) is 0.556. The third-order valence-electron chi connectivity index (χ3n) is 1.76. The highest BCUT2D eigenvalue weighted by atomic mass is 19.3. The molecule has 0 amide bonds. The summed E-state index contributed by atoms with van der Waals surface area (Å²) in [5, 5.41) is 9.48. The van der Waals surface area contributed by atoms with Gasteiger partial charge in [0.2, 0.25) is 0 Å². The minimum atomic E-state index is -2.45. The fourth-order valence-electron chi connectivity index (χ4n) is 1.07. The highest BCUT2D eigenvalue weighted by molar-refractivity contribution is 5.06. The second-order valence-corrected chi connectivity index (χ2v) is 2.90. The molecule has 2 N–H and O–H groups in total. The van der Waals surface area contributed by atoms with E-state index in [9.17, 15) is 13.9 Å². The van der Waals surface area contributed by atoms with Crippen LogP contribution in [0.3, 0.4) is 0 Å². The second-order valence-electron chi connectivity index (χ2n) is 2.90. The van der Waals surface area contributed by atoms with Crippen molar-refractivity contribution in [3.05, 3.63) is 24.0 Å². The van der Waals surface area contributed by atoms with E-state index in [1.165, 1.54) is 0 Å². The van der Waals surface area contributed by atoms with Gasteiger partial charge in [0.05, 0.1) is 6.10 Å². The van der Waals surface area contributed by atoms with Crippen molar-refractivity contribution in [2.45, 2.75) is 19.0 Å². The standard InChI is InChI=1S/C9H13F2NO2/c10-9(11)6-14-5-3-8(13)7-2-1-4-12-7/h1-2,4,8-9,12-13H,3,5-6H2. The lowest BCUT2D eigenvalue weighted by atomic mass is 10.2. The Kier molecular flexibility index (Phi) is 4.55. The molecule has 0 aromatic carbocycles. The van der Waals surface area contributed by atoms with Gasteiger partial charge in [-0.15, -0.1) is 0 Å². The van der Waals surface area contributed by atoms with Gasteiger partial charge in [-0.1, -0.05) is 0 Å². The van der Waals surface area contributed by atoms with Crippen LogP contribution in [0.2, 0.25) is 0 Å². The van der Waals surface area contributed by atoms with E-state index in [2.05, 4.69) is 9.72 Å².